The van der Waals surface area contributed by atoms with E-state index in [1.165, 1.54) is 5.69 Å². The van der Waals surface area contributed by atoms with Crippen LogP contribution in [0.1, 0.15) is 19.7 Å². The van der Waals surface area contributed by atoms with Crippen LogP contribution in [0.5, 0.6) is 11.5 Å². The Bertz CT molecular complexity index is 889. The maximum Gasteiger partial charge on any atom is 0.247 e. The van der Waals surface area contributed by atoms with Gasteiger partial charge in [0.25, 0.3) is 0 Å². The quantitative estimate of drug-likeness (QED) is 0.594. The molecule has 0 atom stereocenters. The highest BCUT2D eigenvalue weighted by molar-refractivity contribution is 5.59. The fraction of sp³-hybridized carbons (Fsp3) is 0.333. The highest BCUT2D eigenvalue weighted by Gasteiger charge is 2.12. The first-order valence-corrected chi connectivity index (χ1v) is 9.32. The van der Waals surface area contributed by atoms with Crippen molar-refractivity contribution >= 4 is 11.4 Å². The molecular weight excluding hydrogens is 356 g/mol. The molecule has 0 aliphatic carbocycles. The van der Waals surface area contributed by atoms with E-state index in [1.54, 1.807) is 14.2 Å². The van der Waals surface area contributed by atoms with Crippen LogP contribution in [0.4, 0.5) is 11.4 Å². The summed E-state index contributed by atoms with van der Waals surface area (Å²) in [6, 6.07) is 13.8. The average molecular weight is 382 g/mol. The van der Waals surface area contributed by atoms with Gasteiger partial charge in [0, 0.05) is 30.0 Å². The second-order valence-electron chi connectivity index (χ2n) is 6.14. The van der Waals surface area contributed by atoms with Crippen LogP contribution >= 0.6 is 0 Å². The van der Waals surface area contributed by atoms with Crippen LogP contribution in [0.2, 0.25) is 0 Å². The van der Waals surface area contributed by atoms with Gasteiger partial charge < -0.3 is 24.1 Å². The van der Waals surface area contributed by atoms with Crippen LogP contribution in [0.3, 0.4) is 0 Å². The van der Waals surface area contributed by atoms with Gasteiger partial charge in [-0.15, -0.1) is 10.2 Å². The molecule has 3 rings (SSSR count). The van der Waals surface area contributed by atoms with Crippen LogP contribution in [0.15, 0.2) is 46.9 Å². The zero-order valence-corrected chi connectivity index (χ0v) is 16.7. The third-order valence-electron chi connectivity index (χ3n) is 4.54. The number of nitrogens with one attached hydrogen (secondary N) is 1. The first-order chi connectivity index (χ1) is 13.7. The Morgan fingerprint density at radius 2 is 1.64 bits per heavy atom. The Hall–Kier alpha value is -3.22. The van der Waals surface area contributed by atoms with E-state index in [2.05, 4.69) is 58.5 Å². The van der Waals surface area contributed by atoms with E-state index in [4.69, 9.17) is 13.9 Å². The van der Waals surface area contributed by atoms with Crippen LogP contribution in [-0.4, -0.2) is 37.5 Å². The molecule has 7 nitrogen and oxygen atoms in total. The number of hydrogen-bond donors (Lipinski definition) is 1. The monoisotopic (exact) mass is 382 g/mol. The number of anilines is 2. The van der Waals surface area contributed by atoms with Crippen LogP contribution in [-0.2, 0) is 6.54 Å². The molecule has 0 fully saturated rings. The largest absolute Gasteiger partial charge is 0.493 e. The molecule has 1 heterocycles. The molecule has 0 saturated carbocycles. The van der Waals surface area contributed by atoms with Gasteiger partial charge in [-0.1, -0.05) is 0 Å². The lowest BCUT2D eigenvalue weighted by Gasteiger charge is -2.21. The van der Waals surface area contributed by atoms with E-state index in [0.717, 1.165) is 24.3 Å². The summed E-state index contributed by atoms with van der Waals surface area (Å²) in [5.74, 6) is 2.22. The topological polar surface area (TPSA) is 72.7 Å². The Morgan fingerprint density at radius 3 is 2.29 bits per heavy atom. The predicted octanol–water partition coefficient (Wildman–Crippen LogP) is 4.21. The second kappa shape index (κ2) is 9.12. The summed E-state index contributed by atoms with van der Waals surface area (Å²) >= 11 is 0. The van der Waals surface area contributed by atoms with Crippen molar-refractivity contribution in [2.75, 3.05) is 37.5 Å². The van der Waals surface area contributed by atoms with E-state index in [-0.39, 0.29) is 0 Å². The van der Waals surface area contributed by atoms with Gasteiger partial charge in [-0.25, -0.2) is 0 Å². The third-order valence-corrected chi connectivity index (χ3v) is 4.54. The van der Waals surface area contributed by atoms with Crippen LogP contribution < -0.4 is 19.7 Å². The smallest absolute Gasteiger partial charge is 0.247 e. The van der Waals surface area contributed by atoms with Gasteiger partial charge >= 0.3 is 0 Å². The first kappa shape index (κ1) is 19.5. The summed E-state index contributed by atoms with van der Waals surface area (Å²) in [5.41, 5.74) is 2.99. The average Bonchev–Trinajstić information content (AvgIpc) is 3.22. The van der Waals surface area contributed by atoms with Gasteiger partial charge in [-0.2, -0.15) is 0 Å². The Labute approximate surface area is 165 Å². The van der Waals surface area contributed by atoms with Crippen molar-refractivity contribution in [2.45, 2.75) is 20.4 Å². The molecule has 0 amide bonds. The molecular formula is C21H26N4O3. The molecule has 0 radical (unpaired) electrons. The predicted molar refractivity (Wildman–Crippen MR) is 110 cm³/mol. The lowest BCUT2D eigenvalue weighted by atomic mass is 10.2. The maximum absolute atomic E-state index is 5.77. The molecule has 2 aromatic carbocycles. The summed E-state index contributed by atoms with van der Waals surface area (Å²) in [5, 5.41) is 11.6. The highest BCUT2D eigenvalue weighted by Crippen LogP contribution is 2.31. The number of methoxy groups -OCH3 is 2. The zero-order valence-electron chi connectivity index (χ0n) is 16.7. The van der Waals surface area contributed by atoms with E-state index < -0.39 is 0 Å². The van der Waals surface area contributed by atoms with Crippen LogP contribution in [0, 0.1) is 0 Å². The standard InChI is InChI=1S/C21H26N4O3/c1-5-25(6-2)17-10-8-16(9-11-17)22-14-20-23-24-21(28-20)15-7-12-18(26-3)19(13-15)27-4/h7-13,22H,5-6,14H2,1-4H3. The number of aromatic nitrogens is 2. The summed E-state index contributed by atoms with van der Waals surface area (Å²) in [7, 11) is 3.19. The van der Waals surface area contributed by atoms with Crippen molar-refractivity contribution in [3.8, 4) is 23.0 Å². The number of benzene rings is 2. The molecule has 28 heavy (non-hydrogen) atoms. The third kappa shape index (κ3) is 4.36. The molecule has 1 N–H and O–H groups in total. The molecule has 7 heteroatoms. The molecule has 0 bridgehead atoms. The highest BCUT2D eigenvalue weighted by atomic mass is 16.5. The summed E-state index contributed by atoms with van der Waals surface area (Å²) < 4.78 is 16.3. The van der Waals surface area contributed by atoms with Crippen molar-refractivity contribution < 1.29 is 13.9 Å². The Kier molecular flexibility index (Phi) is 6.37. The molecule has 1 aromatic heterocycles. The molecule has 0 saturated heterocycles. The van der Waals surface area contributed by atoms with Crippen molar-refractivity contribution in [3.05, 3.63) is 48.4 Å². The molecule has 0 aliphatic rings. The van der Waals surface area contributed by atoms with Gasteiger partial charge in [0.2, 0.25) is 11.8 Å². The van der Waals surface area contributed by atoms with E-state index >= 15 is 0 Å². The molecule has 3 aromatic rings. The van der Waals surface area contributed by atoms with Crippen LogP contribution in [0.25, 0.3) is 11.5 Å². The van der Waals surface area contributed by atoms with Gasteiger partial charge in [0.05, 0.1) is 20.8 Å². The first-order valence-electron chi connectivity index (χ1n) is 9.32. The van der Waals surface area contributed by atoms with Gasteiger partial charge in [-0.05, 0) is 56.3 Å². The minimum atomic E-state index is 0.439. The summed E-state index contributed by atoms with van der Waals surface area (Å²) in [4.78, 5) is 2.30. The molecule has 0 spiro atoms. The Morgan fingerprint density at radius 1 is 0.929 bits per heavy atom. The summed E-state index contributed by atoms with van der Waals surface area (Å²) in [6.07, 6.45) is 0. The van der Waals surface area contributed by atoms with Crippen molar-refractivity contribution in [1.82, 2.24) is 10.2 Å². The van der Waals surface area contributed by atoms with Crippen molar-refractivity contribution in [2.24, 2.45) is 0 Å². The van der Waals surface area contributed by atoms with Crippen molar-refractivity contribution in [3.63, 3.8) is 0 Å². The minimum Gasteiger partial charge on any atom is -0.493 e. The number of ether oxygens (including phenoxy) is 2. The molecule has 148 valence electrons. The summed E-state index contributed by atoms with van der Waals surface area (Å²) in [6.45, 7) is 6.74. The number of nitrogens with zero attached hydrogens (tertiary/aromatic N) is 3. The van der Waals surface area contributed by atoms with Gasteiger partial charge in [0.15, 0.2) is 11.5 Å². The SMILES string of the molecule is CCN(CC)c1ccc(NCc2nnc(-c3ccc(OC)c(OC)c3)o2)cc1. The lowest BCUT2D eigenvalue weighted by Crippen LogP contribution is -2.21. The minimum absolute atomic E-state index is 0.439. The second-order valence-corrected chi connectivity index (χ2v) is 6.14. The van der Waals surface area contributed by atoms with Gasteiger partial charge in [0.1, 0.15) is 0 Å². The lowest BCUT2D eigenvalue weighted by molar-refractivity contribution is 0.355. The van der Waals surface area contributed by atoms with Crippen molar-refractivity contribution in [1.29, 1.82) is 0 Å². The van der Waals surface area contributed by atoms with Gasteiger partial charge in [-0.3, -0.25) is 0 Å². The number of hydrogen-bond acceptors (Lipinski definition) is 7. The number of rotatable bonds is 9. The normalized spacial score (nSPS) is 10.6. The maximum atomic E-state index is 5.77. The van der Waals surface area contributed by atoms with E-state index in [0.29, 0.717) is 29.8 Å². The Balaban J connectivity index is 1.65. The fourth-order valence-corrected chi connectivity index (χ4v) is 2.97. The molecule has 0 unspecified atom stereocenters. The van der Waals surface area contributed by atoms with E-state index in [9.17, 15) is 0 Å². The fourth-order valence-electron chi connectivity index (χ4n) is 2.97. The molecule has 0 aliphatic heterocycles. The zero-order chi connectivity index (χ0) is 19.9. The van der Waals surface area contributed by atoms with E-state index in [1.807, 2.05) is 18.2 Å².